The lowest BCUT2D eigenvalue weighted by Crippen LogP contribution is -2.47. The molecule has 1 aliphatic rings. The molecule has 0 bridgehead atoms. The number of hydrogen-bond acceptors (Lipinski definition) is 4. The summed E-state index contributed by atoms with van der Waals surface area (Å²) in [6.07, 6.45) is 1.54. The van der Waals surface area contributed by atoms with Crippen LogP contribution in [0.5, 0.6) is 0 Å². The molecule has 0 atom stereocenters. The Morgan fingerprint density at radius 1 is 1.11 bits per heavy atom. The van der Waals surface area contributed by atoms with Crippen molar-refractivity contribution in [1.82, 2.24) is 14.8 Å². The lowest BCUT2D eigenvalue weighted by molar-refractivity contribution is 0.0658. The first kappa shape index (κ1) is 19.0. The Balaban J connectivity index is 1.81. The second-order valence-electron chi connectivity index (χ2n) is 6.91. The first-order chi connectivity index (χ1) is 13.0. The van der Waals surface area contributed by atoms with Crippen LogP contribution >= 0.6 is 0 Å². The van der Waals surface area contributed by atoms with Gasteiger partial charge >= 0.3 is 0 Å². The molecular weight excluding hydrogens is 340 g/mol. The molecule has 2 heterocycles. The van der Waals surface area contributed by atoms with Gasteiger partial charge in [0, 0.05) is 50.2 Å². The monoisotopic (exact) mass is 366 g/mol. The first-order valence-electron chi connectivity index (χ1n) is 9.32. The fourth-order valence-corrected chi connectivity index (χ4v) is 3.25. The van der Waals surface area contributed by atoms with Crippen molar-refractivity contribution in [3.63, 3.8) is 0 Å². The van der Waals surface area contributed by atoms with Crippen molar-refractivity contribution in [3.05, 3.63) is 59.4 Å². The minimum Gasteiger partial charge on any atom is -0.335 e. The molecule has 6 nitrogen and oxygen atoms in total. The molecule has 0 N–H and O–H groups in total. The number of carbonyl (C=O) groups is 2. The highest BCUT2D eigenvalue weighted by atomic mass is 16.2. The normalized spacial score (nSPS) is 14.9. The van der Waals surface area contributed by atoms with Crippen LogP contribution in [0.25, 0.3) is 0 Å². The third kappa shape index (κ3) is 4.34. The van der Waals surface area contributed by atoms with Gasteiger partial charge in [-0.3, -0.25) is 14.6 Å². The Hall–Kier alpha value is -2.73. The number of carbonyl (C=O) groups excluding carboxylic acids is 2. The average Bonchev–Trinajstić information content (AvgIpc) is 2.69. The van der Waals surface area contributed by atoms with Gasteiger partial charge < -0.3 is 14.7 Å². The summed E-state index contributed by atoms with van der Waals surface area (Å²) >= 11 is 0. The predicted molar refractivity (Wildman–Crippen MR) is 106 cm³/mol. The molecule has 0 spiro atoms. The van der Waals surface area contributed by atoms with Crippen LogP contribution in [0.2, 0.25) is 0 Å². The lowest BCUT2D eigenvalue weighted by Gasteiger charge is -2.32. The van der Waals surface area contributed by atoms with Crippen molar-refractivity contribution >= 4 is 17.5 Å². The zero-order chi connectivity index (χ0) is 19.4. The van der Waals surface area contributed by atoms with Crippen LogP contribution < -0.4 is 4.90 Å². The average molecular weight is 366 g/mol. The molecule has 2 aromatic rings. The van der Waals surface area contributed by atoms with Crippen LogP contribution in [0, 0.1) is 6.92 Å². The van der Waals surface area contributed by atoms with E-state index in [2.05, 4.69) is 9.88 Å². The van der Waals surface area contributed by atoms with E-state index >= 15 is 0 Å². The highest BCUT2D eigenvalue weighted by Crippen LogP contribution is 2.19. The van der Waals surface area contributed by atoms with Crippen LogP contribution in [-0.4, -0.2) is 66.4 Å². The topological polar surface area (TPSA) is 56.8 Å². The minimum atomic E-state index is -0.127. The molecular formula is C21H26N4O2. The van der Waals surface area contributed by atoms with Crippen LogP contribution in [0.4, 0.5) is 5.69 Å². The highest BCUT2D eigenvalue weighted by molar-refractivity contribution is 6.07. The molecule has 3 rings (SSSR count). The van der Waals surface area contributed by atoms with Crippen LogP contribution in [0.3, 0.4) is 0 Å². The maximum Gasteiger partial charge on any atom is 0.272 e. The van der Waals surface area contributed by atoms with Gasteiger partial charge in [0.1, 0.15) is 5.69 Å². The Morgan fingerprint density at radius 3 is 2.52 bits per heavy atom. The van der Waals surface area contributed by atoms with Crippen molar-refractivity contribution < 1.29 is 9.59 Å². The molecule has 0 unspecified atom stereocenters. The summed E-state index contributed by atoms with van der Waals surface area (Å²) < 4.78 is 0. The molecule has 27 heavy (non-hydrogen) atoms. The Kier molecular flexibility index (Phi) is 5.86. The van der Waals surface area contributed by atoms with Crippen LogP contribution in [0.15, 0.2) is 42.6 Å². The van der Waals surface area contributed by atoms with Gasteiger partial charge in [0.15, 0.2) is 0 Å². The Morgan fingerprint density at radius 2 is 1.85 bits per heavy atom. The molecule has 1 aromatic heterocycles. The molecule has 0 aliphatic carbocycles. The number of hydrogen-bond donors (Lipinski definition) is 0. The number of piperazine rings is 1. The van der Waals surface area contributed by atoms with Gasteiger partial charge in [-0.1, -0.05) is 12.1 Å². The molecule has 1 saturated heterocycles. The quantitative estimate of drug-likeness (QED) is 0.834. The standard InChI is InChI=1S/C21H26N4O2/c1-4-25(18-7-5-6-16(2)14-18)20(26)17-8-9-22-19(15-17)21(27)24-12-10-23(3)11-13-24/h5-9,14-15H,4,10-13H2,1-3H3. The van der Waals surface area contributed by atoms with Crippen molar-refractivity contribution in [1.29, 1.82) is 0 Å². The number of amides is 2. The van der Waals surface area contributed by atoms with Crippen LogP contribution in [-0.2, 0) is 0 Å². The number of benzene rings is 1. The number of anilines is 1. The summed E-state index contributed by atoms with van der Waals surface area (Å²) in [6.45, 7) is 7.55. The zero-order valence-electron chi connectivity index (χ0n) is 16.2. The zero-order valence-corrected chi connectivity index (χ0v) is 16.2. The van der Waals surface area contributed by atoms with E-state index in [4.69, 9.17) is 0 Å². The maximum absolute atomic E-state index is 13.0. The lowest BCUT2D eigenvalue weighted by atomic mass is 10.1. The molecule has 0 saturated carbocycles. The molecule has 0 radical (unpaired) electrons. The van der Waals surface area contributed by atoms with Crippen molar-refractivity contribution in [2.24, 2.45) is 0 Å². The van der Waals surface area contributed by atoms with Gasteiger partial charge in [-0.05, 0) is 50.7 Å². The van der Waals surface area contributed by atoms with E-state index in [9.17, 15) is 9.59 Å². The summed E-state index contributed by atoms with van der Waals surface area (Å²) in [4.78, 5) is 35.7. The molecule has 142 valence electrons. The van der Waals surface area contributed by atoms with E-state index in [-0.39, 0.29) is 11.8 Å². The number of aromatic nitrogens is 1. The van der Waals surface area contributed by atoms with Gasteiger partial charge in [0.05, 0.1) is 0 Å². The number of nitrogens with zero attached hydrogens (tertiary/aromatic N) is 4. The van der Waals surface area contributed by atoms with Gasteiger partial charge in [-0.15, -0.1) is 0 Å². The molecule has 6 heteroatoms. The summed E-state index contributed by atoms with van der Waals surface area (Å²) in [6, 6.07) is 11.1. The molecule has 1 aliphatic heterocycles. The molecule has 1 aromatic carbocycles. The first-order valence-corrected chi connectivity index (χ1v) is 9.32. The second-order valence-corrected chi connectivity index (χ2v) is 6.91. The number of rotatable bonds is 4. The maximum atomic E-state index is 13.0. The fourth-order valence-electron chi connectivity index (χ4n) is 3.25. The van der Waals surface area contributed by atoms with Gasteiger partial charge in [-0.25, -0.2) is 0 Å². The number of pyridine rings is 1. The summed E-state index contributed by atoms with van der Waals surface area (Å²) in [7, 11) is 2.05. The smallest absolute Gasteiger partial charge is 0.272 e. The van der Waals surface area contributed by atoms with E-state index in [1.54, 1.807) is 28.1 Å². The van der Waals surface area contributed by atoms with Crippen molar-refractivity contribution in [2.75, 3.05) is 44.7 Å². The van der Waals surface area contributed by atoms with E-state index in [1.807, 2.05) is 45.2 Å². The van der Waals surface area contributed by atoms with Crippen molar-refractivity contribution in [2.45, 2.75) is 13.8 Å². The third-order valence-electron chi connectivity index (χ3n) is 4.89. The molecule has 2 amide bonds. The van der Waals surface area contributed by atoms with Crippen molar-refractivity contribution in [3.8, 4) is 0 Å². The molecule has 1 fully saturated rings. The Labute approximate surface area is 160 Å². The van der Waals surface area contributed by atoms with Gasteiger partial charge in [0.2, 0.25) is 0 Å². The van der Waals surface area contributed by atoms with E-state index in [0.717, 1.165) is 24.3 Å². The predicted octanol–water partition coefficient (Wildman–Crippen LogP) is 2.44. The largest absolute Gasteiger partial charge is 0.335 e. The van der Waals surface area contributed by atoms with Crippen LogP contribution in [0.1, 0.15) is 33.3 Å². The van der Waals surface area contributed by atoms with Gasteiger partial charge in [-0.2, -0.15) is 0 Å². The number of likely N-dealkylation sites (N-methyl/N-ethyl adjacent to an activating group) is 1. The van der Waals surface area contributed by atoms with Gasteiger partial charge in [0.25, 0.3) is 11.8 Å². The summed E-state index contributed by atoms with van der Waals surface area (Å²) in [5.41, 5.74) is 2.75. The Bertz CT molecular complexity index is 828. The highest BCUT2D eigenvalue weighted by Gasteiger charge is 2.23. The minimum absolute atomic E-state index is 0.114. The fraction of sp³-hybridized carbons (Fsp3) is 0.381. The SMILES string of the molecule is CCN(C(=O)c1ccnc(C(=O)N2CCN(C)CC2)c1)c1cccc(C)c1. The third-order valence-corrected chi connectivity index (χ3v) is 4.89. The van der Waals surface area contributed by atoms with E-state index in [0.29, 0.717) is 30.9 Å². The number of aryl methyl sites for hydroxylation is 1. The van der Waals surface area contributed by atoms with E-state index < -0.39 is 0 Å². The summed E-state index contributed by atoms with van der Waals surface area (Å²) in [5.74, 6) is -0.241. The summed E-state index contributed by atoms with van der Waals surface area (Å²) in [5, 5.41) is 0. The second kappa shape index (κ2) is 8.31. The van der Waals surface area contributed by atoms with E-state index in [1.165, 1.54) is 0 Å².